The minimum absolute atomic E-state index is 0.0880. The quantitative estimate of drug-likeness (QED) is 0.203. The largest absolute Gasteiger partial charge is 0.356 e. The van der Waals surface area contributed by atoms with E-state index in [4.69, 9.17) is 0 Å². The van der Waals surface area contributed by atoms with E-state index in [-0.39, 0.29) is 30.1 Å². The third kappa shape index (κ3) is 11.1. The Balaban J connectivity index is 1.68. The average molecular weight is 567 g/mol. The van der Waals surface area contributed by atoms with Gasteiger partial charge in [-0.1, -0.05) is 76.3 Å². The maximum absolute atomic E-state index is 13.6. The predicted octanol–water partition coefficient (Wildman–Crippen LogP) is 3.29. The fraction of sp³-hybridized carbons (Fsp3) is 0.594. The highest BCUT2D eigenvalue weighted by atomic mass is 16.2. The summed E-state index contributed by atoms with van der Waals surface area (Å²) >= 11 is 0. The van der Waals surface area contributed by atoms with Gasteiger partial charge in [0.25, 0.3) is 0 Å². The molecule has 0 aromatic heterocycles. The summed E-state index contributed by atoms with van der Waals surface area (Å²) in [5.41, 5.74) is 0.875. The highest BCUT2D eigenvalue weighted by Gasteiger charge is 2.32. The first-order chi connectivity index (χ1) is 19.7. The molecule has 0 unspecified atom stereocenters. The molecule has 2 aliphatic rings. The van der Waals surface area contributed by atoms with Gasteiger partial charge >= 0.3 is 0 Å². The summed E-state index contributed by atoms with van der Waals surface area (Å²) in [7, 11) is 0. The van der Waals surface area contributed by atoms with Crippen molar-refractivity contribution in [1.29, 1.82) is 0 Å². The molecule has 9 nitrogen and oxygen atoms in total. The van der Waals surface area contributed by atoms with Crippen LogP contribution in [0.3, 0.4) is 0 Å². The van der Waals surface area contributed by atoms with Crippen LogP contribution in [0, 0.1) is 17.8 Å². The molecular weight excluding hydrogens is 520 g/mol. The number of carbonyl (C=O) groups is 5. The zero-order valence-corrected chi connectivity index (χ0v) is 24.4. The third-order valence-corrected chi connectivity index (χ3v) is 7.92. The van der Waals surface area contributed by atoms with E-state index in [1.54, 1.807) is 6.08 Å². The van der Waals surface area contributed by atoms with Gasteiger partial charge in [0.15, 0.2) is 0 Å². The average Bonchev–Trinajstić information content (AvgIpc) is 2.97. The molecule has 41 heavy (non-hydrogen) atoms. The Morgan fingerprint density at radius 2 is 1.61 bits per heavy atom. The highest BCUT2D eigenvalue weighted by molar-refractivity contribution is 5.97. The van der Waals surface area contributed by atoms with Crippen LogP contribution in [0.15, 0.2) is 36.4 Å². The minimum atomic E-state index is -0.879. The lowest BCUT2D eigenvalue weighted by Crippen LogP contribution is -2.56. The summed E-state index contributed by atoms with van der Waals surface area (Å²) in [6.07, 6.45) is 11.7. The number of benzene rings is 1. The molecule has 4 atom stereocenters. The summed E-state index contributed by atoms with van der Waals surface area (Å²) in [5, 5.41) is 11.3. The van der Waals surface area contributed by atoms with Gasteiger partial charge in [0, 0.05) is 18.5 Å². The first-order valence-corrected chi connectivity index (χ1v) is 15.1. The molecule has 1 aliphatic heterocycles. The summed E-state index contributed by atoms with van der Waals surface area (Å²) in [6, 6.07) is 6.94. The number of rotatable bonds is 14. The van der Waals surface area contributed by atoms with Crippen LogP contribution < -0.4 is 21.3 Å². The standard InChI is InChI=1S/C32H46N4O5/c1-22(2)18-27(31(40)34-26(21-37)20-25-14-9-17-33-30(25)39)36-32(41)28(19-24-12-7-4-8-13-24)35-29(38)16-15-23-10-5-3-6-11-23/h3,5-6,10-11,15-16,21-22,24-28H,4,7-9,12-14,17-20H2,1-2H3,(H,33,39)(H,34,40)(H,35,38)(H,36,41)/b16-15+/t25-,26-,27-,28-/m0/s1. The van der Waals surface area contributed by atoms with Crippen LogP contribution in [0.2, 0.25) is 0 Å². The molecule has 1 heterocycles. The Morgan fingerprint density at radius 3 is 2.27 bits per heavy atom. The van der Waals surface area contributed by atoms with Crippen molar-refractivity contribution in [3.63, 3.8) is 0 Å². The number of hydrogen-bond donors (Lipinski definition) is 4. The van der Waals surface area contributed by atoms with Gasteiger partial charge < -0.3 is 26.1 Å². The number of amides is 4. The van der Waals surface area contributed by atoms with Crippen LogP contribution in [0.25, 0.3) is 6.08 Å². The van der Waals surface area contributed by atoms with Gasteiger partial charge in [-0.2, -0.15) is 0 Å². The van der Waals surface area contributed by atoms with Gasteiger partial charge in [-0.25, -0.2) is 0 Å². The van der Waals surface area contributed by atoms with Gasteiger partial charge in [0.2, 0.25) is 23.6 Å². The zero-order chi connectivity index (χ0) is 29.6. The van der Waals surface area contributed by atoms with Crippen molar-refractivity contribution >= 4 is 36.0 Å². The maximum atomic E-state index is 13.6. The molecular formula is C32H46N4O5. The lowest BCUT2D eigenvalue weighted by atomic mass is 9.84. The number of nitrogens with one attached hydrogen (secondary N) is 4. The highest BCUT2D eigenvalue weighted by Crippen LogP contribution is 2.27. The summed E-state index contributed by atoms with van der Waals surface area (Å²) < 4.78 is 0. The molecule has 2 fully saturated rings. The Hall–Kier alpha value is -3.49. The van der Waals surface area contributed by atoms with Crippen molar-refractivity contribution in [3.8, 4) is 0 Å². The van der Waals surface area contributed by atoms with Crippen LogP contribution in [0.5, 0.6) is 0 Å². The van der Waals surface area contributed by atoms with E-state index in [9.17, 15) is 24.0 Å². The van der Waals surface area contributed by atoms with Gasteiger partial charge in [0.05, 0.1) is 6.04 Å². The molecule has 4 N–H and O–H groups in total. The van der Waals surface area contributed by atoms with Crippen molar-refractivity contribution in [1.82, 2.24) is 21.3 Å². The predicted molar refractivity (Wildman–Crippen MR) is 158 cm³/mol. The molecule has 1 saturated heterocycles. The first-order valence-electron chi connectivity index (χ1n) is 15.1. The summed E-state index contributed by atoms with van der Waals surface area (Å²) in [5.74, 6) is -1.29. The zero-order valence-electron chi connectivity index (χ0n) is 24.4. The Morgan fingerprint density at radius 1 is 0.902 bits per heavy atom. The van der Waals surface area contributed by atoms with E-state index < -0.39 is 29.9 Å². The van der Waals surface area contributed by atoms with Crippen molar-refractivity contribution in [2.75, 3.05) is 6.54 Å². The van der Waals surface area contributed by atoms with E-state index in [2.05, 4.69) is 21.3 Å². The molecule has 224 valence electrons. The summed E-state index contributed by atoms with van der Waals surface area (Å²) in [4.78, 5) is 63.7. The van der Waals surface area contributed by atoms with E-state index in [1.807, 2.05) is 44.2 Å². The molecule has 1 aromatic rings. The van der Waals surface area contributed by atoms with Gasteiger partial charge in [-0.15, -0.1) is 0 Å². The van der Waals surface area contributed by atoms with E-state index >= 15 is 0 Å². The van der Waals surface area contributed by atoms with Crippen molar-refractivity contribution in [3.05, 3.63) is 42.0 Å². The van der Waals surface area contributed by atoms with Gasteiger partial charge in [-0.3, -0.25) is 19.2 Å². The molecule has 4 amide bonds. The van der Waals surface area contributed by atoms with Crippen LogP contribution in [-0.2, 0) is 24.0 Å². The van der Waals surface area contributed by atoms with Gasteiger partial charge in [-0.05, 0) is 55.6 Å². The molecule has 1 saturated carbocycles. The van der Waals surface area contributed by atoms with Crippen LogP contribution >= 0.6 is 0 Å². The van der Waals surface area contributed by atoms with Crippen LogP contribution in [0.1, 0.15) is 83.6 Å². The Labute approximate surface area is 243 Å². The fourth-order valence-corrected chi connectivity index (χ4v) is 5.72. The topological polar surface area (TPSA) is 133 Å². The SMILES string of the molecule is CC(C)C[C@H](NC(=O)[C@H](CC1CCCCC1)NC(=O)/C=C/c1ccccc1)C(=O)N[C@H](C=O)C[C@@H]1CCCNC1=O. The molecule has 1 aromatic carbocycles. The lowest BCUT2D eigenvalue weighted by molar-refractivity contribution is -0.133. The first kappa shape index (κ1) is 32.0. The molecule has 1 aliphatic carbocycles. The molecule has 0 spiro atoms. The number of piperidine rings is 1. The van der Waals surface area contributed by atoms with Crippen molar-refractivity contribution in [2.24, 2.45) is 17.8 Å². The van der Waals surface area contributed by atoms with Crippen LogP contribution in [0.4, 0.5) is 0 Å². The molecule has 3 rings (SSSR count). The molecule has 0 bridgehead atoms. The lowest BCUT2D eigenvalue weighted by Gasteiger charge is -2.29. The second-order valence-electron chi connectivity index (χ2n) is 11.9. The van der Waals surface area contributed by atoms with Crippen LogP contribution in [-0.4, -0.2) is 54.6 Å². The van der Waals surface area contributed by atoms with E-state index in [1.165, 1.54) is 12.5 Å². The fourth-order valence-electron chi connectivity index (χ4n) is 5.72. The third-order valence-electron chi connectivity index (χ3n) is 7.92. The Kier molecular flexibility index (Phi) is 13.0. The monoisotopic (exact) mass is 566 g/mol. The number of carbonyl (C=O) groups excluding carboxylic acids is 5. The smallest absolute Gasteiger partial charge is 0.244 e. The molecule has 9 heteroatoms. The van der Waals surface area contributed by atoms with Gasteiger partial charge in [0.1, 0.15) is 18.4 Å². The van der Waals surface area contributed by atoms with Crippen molar-refractivity contribution in [2.45, 2.75) is 96.2 Å². The summed E-state index contributed by atoms with van der Waals surface area (Å²) in [6.45, 7) is 4.52. The van der Waals surface area contributed by atoms with E-state index in [0.29, 0.717) is 38.0 Å². The maximum Gasteiger partial charge on any atom is 0.244 e. The molecule has 0 radical (unpaired) electrons. The minimum Gasteiger partial charge on any atom is -0.356 e. The second-order valence-corrected chi connectivity index (χ2v) is 11.9. The number of aldehydes is 1. The number of hydrogen-bond acceptors (Lipinski definition) is 5. The van der Waals surface area contributed by atoms with Crippen molar-refractivity contribution < 1.29 is 24.0 Å². The second kappa shape index (κ2) is 16.7. The van der Waals surface area contributed by atoms with E-state index in [0.717, 1.165) is 37.7 Å². The Bertz CT molecular complexity index is 1050. The normalized spacial score (nSPS) is 20.1.